The quantitative estimate of drug-likeness (QED) is 0.687. The van der Waals surface area contributed by atoms with Crippen molar-refractivity contribution < 1.29 is 14.2 Å². The molecule has 0 aromatic heterocycles. The Morgan fingerprint density at radius 3 is 2.28 bits per heavy atom. The highest BCUT2D eigenvalue weighted by Crippen LogP contribution is 2.26. The monoisotopic (exact) mass is 316 g/mol. The van der Waals surface area contributed by atoms with Crippen LogP contribution in [0.5, 0.6) is 5.75 Å². The second-order valence-electron chi connectivity index (χ2n) is 4.18. The zero-order valence-electron chi connectivity index (χ0n) is 11.3. The molecule has 4 heteroatoms. The van der Waals surface area contributed by atoms with E-state index in [-0.39, 0.29) is 0 Å². The van der Waals surface area contributed by atoms with Gasteiger partial charge in [0.15, 0.2) is 0 Å². The lowest BCUT2D eigenvalue weighted by Gasteiger charge is -2.10. The van der Waals surface area contributed by atoms with E-state index in [1.807, 2.05) is 12.1 Å². The Kier molecular flexibility index (Phi) is 7.32. The molecule has 1 aromatic carbocycles. The number of hydrogen-bond acceptors (Lipinski definition) is 3. The molecular weight excluding hydrogens is 296 g/mol. The highest BCUT2D eigenvalue weighted by molar-refractivity contribution is 9.10. The Labute approximate surface area is 118 Å². The lowest BCUT2D eigenvalue weighted by Crippen LogP contribution is -2.08. The Balaban J connectivity index is 2.23. The summed E-state index contributed by atoms with van der Waals surface area (Å²) >= 11 is 3.54. The van der Waals surface area contributed by atoms with Crippen molar-refractivity contribution in [1.29, 1.82) is 0 Å². The molecule has 0 N–H and O–H groups in total. The lowest BCUT2D eigenvalue weighted by molar-refractivity contribution is 0.0806. The third-order valence-corrected chi connectivity index (χ3v) is 3.79. The summed E-state index contributed by atoms with van der Waals surface area (Å²) in [5.41, 5.74) is 2.37. The minimum Gasteiger partial charge on any atom is -0.491 e. The first-order valence-electron chi connectivity index (χ1n) is 6.11. The maximum absolute atomic E-state index is 5.65. The van der Waals surface area contributed by atoms with Crippen molar-refractivity contribution in [3.63, 3.8) is 0 Å². The van der Waals surface area contributed by atoms with Crippen molar-refractivity contribution in [3.8, 4) is 5.75 Å². The first-order chi connectivity index (χ1) is 8.65. The van der Waals surface area contributed by atoms with Gasteiger partial charge in [0.2, 0.25) is 0 Å². The number of ether oxygens (including phenoxy) is 3. The van der Waals surface area contributed by atoms with Crippen LogP contribution in [0.15, 0.2) is 16.6 Å². The van der Waals surface area contributed by atoms with Gasteiger partial charge in [0, 0.05) is 24.8 Å². The SMILES string of the molecule is COCCCOCCOc1cc(C)c(Br)c(C)c1. The van der Waals surface area contributed by atoms with Crippen molar-refractivity contribution in [2.75, 3.05) is 33.5 Å². The fraction of sp³-hybridized carbons (Fsp3) is 0.571. The normalized spacial score (nSPS) is 10.7. The second-order valence-corrected chi connectivity index (χ2v) is 4.97. The topological polar surface area (TPSA) is 27.7 Å². The van der Waals surface area contributed by atoms with Gasteiger partial charge in [0.1, 0.15) is 12.4 Å². The van der Waals surface area contributed by atoms with Crippen LogP contribution in [0.4, 0.5) is 0 Å². The van der Waals surface area contributed by atoms with Crippen LogP contribution in [0.2, 0.25) is 0 Å². The molecule has 0 aliphatic heterocycles. The molecule has 0 radical (unpaired) electrons. The second kappa shape index (κ2) is 8.51. The van der Waals surface area contributed by atoms with E-state index in [0.717, 1.165) is 29.9 Å². The zero-order chi connectivity index (χ0) is 13.4. The van der Waals surface area contributed by atoms with Crippen LogP contribution in [0.3, 0.4) is 0 Å². The van der Waals surface area contributed by atoms with Gasteiger partial charge in [-0.2, -0.15) is 0 Å². The minimum atomic E-state index is 0.577. The molecule has 0 heterocycles. The molecule has 1 aromatic rings. The Morgan fingerprint density at radius 1 is 1.00 bits per heavy atom. The Morgan fingerprint density at radius 2 is 1.67 bits per heavy atom. The van der Waals surface area contributed by atoms with E-state index in [1.165, 1.54) is 11.1 Å². The molecule has 0 saturated carbocycles. The lowest BCUT2D eigenvalue weighted by atomic mass is 10.1. The molecule has 1 rings (SSSR count). The predicted molar refractivity (Wildman–Crippen MR) is 76.4 cm³/mol. The van der Waals surface area contributed by atoms with Crippen molar-refractivity contribution in [2.45, 2.75) is 20.3 Å². The maximum Gasteiger partial charge on any atom is 0.120 e. The van der Waals surface area contributed by atoms with Crippen molar-refractivity contribution in [1.82, 2.24) is 0 Å². The van der Waals surface area contributed by atoms with E-state index in [1.54, 1.807) is 7.11 Å². The van der Waals surface area contributed by atoms with E-state index >= 15 is 0 Å². The molecule has 3 nitrogen and oxygen atoms in total. The Hall–Kier alpha value is -0.580. The van der Waals surface area contributed by atoms with Crippen LogP contribution < -0.4 is 4.74 Å². The minimum absolute atomic E-state index is 0.577. The van der Waals surface area contributed by atoms with Gasteiger partial charge in [-0.3, -0.25) is 0 Å². The van der Waals surface area contributed by atoms with Crippen molar-refractivity contribution >= 4 is 15.9 Å². The van der Waals surface area contributed by atoms with Gasteiger partial charge in [0.25, 0.3) is 0 Å². The molecular formula is C14H21BrO3. The average Bonchev–Trinajstić information content (AvgIpc) is 2.34. The molecule has 0 bridgehead atoms. The highest BCUT2D eigenvalue weighted by atomic mass is 79.9. The highest BCUT2D eigenvalue weighted by Gasteiger charge is 2.02. The molecule has 102 valence electrons. The van der Waals surface area contributed by atoms with E-state index in [0.29, 0.717) is 13.2 Å². The van der Waals surface area contributed by atoms with Crippen LogP contribution >= 0.6 is 15.9 Å². The summed E-state index contributed by atoms with van der Waals surface area (Å²) in [5, 5.41) is 0. The van der Waals surface area contributed by atoms with E-state index in [9.17, 15) is 0 Å². The van der Waals surface area contributed by atoms with E-state index < -0.39 is 0 Å². The number of methoxy groups -OCH3 is 1. The zero-order valence-corrected chi connectivity index (χ0v) is 12.9. The average molecular weight is 317 g/mol. The molecule has 0 unspecified atom stereocenters. The fourth-order valence-corrected chi connectivity index (χ4v) is 1.84. The summed E-state index contributed by atoms with van der Waals surface area (Å²) in [6, 6.07) is 4.06. The first kappa shape index (κ1) is 15.5. The van der Waals surface area contributed by atoms with Crippen LogP contribution in [-0.2, 0) is 9.47 Å². The van der Waals surface area contributed by atoms with E-state index in [4.69, 9.17) is 14.2 Å². The third kappa shape index (κ3) is 5.38. The summed E-state index contributed by atoms with van der Waals surface area (Å²) in [6.45, 7) is 6.77. The Bertz CT molecular complexity index is 343. The number of halogens is 1. The fourth-order valence-electron chi connectivity index (χ4n) is 1.62. The van der Waals surface area contributed by atoms with Gasteiger partial charge in [-0.1, -0.05) is 15.9 Å². The first-order valence-corrected chi connectivity index (χ1v) is 6.90. The van der Waals surface area contributed by atoms with Gasteiger partial charge in [0.05, 0.1) is 6.61 Å². The largest absolute Gasteiger partial charge is 0.491 e. The molecule has 18 heavy (non-hydrogen) atoms. The van der Waals surface area contributed by atoms with Crippen molar-refractivity contribution in [3.05, 3.63) is 27.7 Å². The molecule has 0 amide bonds. The summed E-state index contributed by atoms with van der Waals surface area (Å²) in [7, 11) is 1.70. The molecule has 0 spiro atoms. The van der Waals surface area contributed by atoms with Gasteiger partial charge >= 0.3 is 0 Å². The van der Waals surface area contributed by atoms with Gasteiger partial charge in [-0.05, 0) is 43.5 Å². The standard InChI is InChI=1S/C14H21BrO3/c1-11-9-13(10-12(2)14(11)15)18-8-7-17-6-4-5-16-3/h9-10H,4-8H2,1-3H3. The van der Waals surface area contributed by atoms with Crippen molar-refractivity contribution in [2.24, 2.45) is 0 Å². The molecule has 0 atom stereocenters. The van der Waals surface area contributed by atoms with Crippen LogP contribution in [-0.4, -0.2) is 33.5 Å². The van der Waals surface area contributed by atoms with Gasteiger partial charge < -0.3 is 14.2 Å². The summed E-state index contributed by atoms with van der Waals surface area (Å²) in [6.07, 6.45) is 0.924. The third-order valence-electron chi connectivity index (χ3n) is 2.54. The number of aryl methyl sites for hydroxylation is 2. The summed E-state index contributed by atoms with van der Waals surface area (Å²) in [4.78, 5) is 0. The summed E-state index contributed by atoms with van der Waals surface area (Å²) < 4.78 is 17.2. The summed E-state index contributed by atoms with van der Waals surface area (Å²) in [5.74, 6) is 0.897. The molecule has 0 aliphatic carbocycles. The van der Waals surface area contributed by atoms with Crippen LogP contribution in [0.1, 0.15) is 17.5 Å². The number of benzene rings is 1. The molecule has 0 saturated heterocycles. The van der Waals surface area contributed by atoms with Crippen LogP contribution in [0, 0.1) is 13.8 Å². The van der Waals surface area contributed by atoms with Gasteiger partial charge in [-0.15, -0.1) is 0 Å². The number of hydrogen-bond donors (Lipinski definition) is 0. The number of rotatable bonds is 8. The van der Waals surface area contributed by atoms with E-state index in [2.05, 4.69) is 29.8 Å². The van der Waals surface area contributed by atoms with Crippen LogP contribution in [0.25, 0.3) is 0 Å². The molecule has 0 aliphatic rings. The molecule has 0 fully saturated rings. The maximum atomic E-state index is 5.65. The smallest absolute Gasteiger partial charge is 0.120 e. The predicted octanol–water partition coefficient (Wildman–Crippen LogP) is 3.50. The van der Waals surface area contributed by atoms with Gasteiger partial charge in [-0.25, -0.2) is 0 Å².